The summed E-state index contributed by atoms with van der Waals surface area (Å²) in [6.45, 7) is 0. The predicted octanol–water partition coefficient (Wildman–Crippen LogP) is -5.88. The van der Waals surface area contributed by atoms with Crippen molar-refractivity contribution in [1.29, 1.82) is 0 Å². The van der Waals surface area contributed by atoms with Gasteiger partial charge in [-0.25, -0.2) is 0 Å². The van der Waals surface area contributed by atoms with Crippen LogP contribution in [0.2, 0.25) is 0 Å². The third-order valence-corrected chi connectivity index (χ3v) is 1.26. The number of benzene rings is 1. The standard InChI is InChI=1S/C7H7O.BrH.ClH.Li.Mg/c1-8-7-5-3-2-4-6-7;;;;/h3-6H,1H3;2*1H;;/q;;;;+2/p-2. The van der Waals surface area contributed by atoms with E-state index in [1.165, 1.54) is 4.24 Å². The molecule has 1 aromatic rings. The molecule has 0 saturated heterocycles. The molecule has 0 heterocycles. The Balaban J connectivity index is -0.000000270. The minimum absolute atomic E-state index is 0. The van der Waals surface area contributed by atoms with Crippen LogP contribution in [-0.2, 0) is 0 Å². The first-order valence-electron chi connectivity index (χ1n) is 2.93. The Morgan fingerprint density at radius 3 is 1.92 bits per heavy atom. The molecule has 0 saturated carbocycles. The van der Waals surface area contributed by atoms with Crippen molar-refractivity contribution in [2.75, 3.05) is 7.11 Å². The molecule has 1 nitrogen and oxygen atoms in total. The monoisotopic (exact) mass is 252 g/mol. The van der Waals surface area contributed by atoms with Crippen molar-refractivity contribution in [2.45, 2.75) is 0 Å². The van der Waals surface area contributed by atoms with Crippen LogP contribution < -0.4 is 38.4 Å². The van der Waals surface area contributed by atoms with Crippen molar-refractivity contribution in [3.05, 3.63) is 24.3 Å². The zero-order valence-electron chi connectivity index (χ0n) is 7.18. The van der Waals surface area contributed by atoms with Crippen LogP contribution in [0.5, 0.6) is 5.75 Å². The van der Waals surface area contributed by atoms with Crippen LogP contribution in [-0.4, -0.2) is 47.9 Å². The van der Waals surface area contributed by atoms with Crippen molar-refractivity contribution < 1.29 is 34.1 Å². The summed E-state index contributed by atoms with van der Waals surface area (Å²) in [5.41, 5.74) is 0. The molecule has 5 heteroatoms. The van der Waals surface area contributed by atoms with Crippen molar-refractivity contribution in [2.24, 2.45) is 0 Å². The number of hydrogen-bond donors (Lipinski definition) is 0. The number of methoxy groups -OCH3 is 1. The molecule has 12 heavy (non-hydrogen) atoms. The van der Waals surface area contributed by atoms with Gasteiger partial charge < -0.3 is 29.4 Å². The van der Waals surface area contributed by atoms with Crippen LogP contribution in [0.1, 0.15) is 0 Å². The summed E-state index contributed by atoms with van der Waals surface area (Å²) in [6, 6.07) is 7.96. The number of hydrogen-bond acceptors (Lipinski definition) is 1. The van der Waals surface area contributed by atoms with Gasteiger partial charge in [0.15, 0.2) is 0 Å². The molecule has 0 bridgehead atoms. The maximum atomic E-state index is 4.97. The first-order chi connectivity index (χ1) is 4.33. The average Bonchev–Trinajstić information content (AvgIpc) is 1.90. The molecule has 0 aliphatic carbocycles. The normalized spacial score (nSPS) is 6.92. The zero-order chi connectivity index (χ0) is 6.69. The molecule has 0 N–H and O–H groups in total. The summed E-state index contributed by atoms with van der Waals surface area (Å²) in [7, 11) is 1.67. The van der Waals surface area contributed by atoms with Gasteiger partial charge in [0.1, 0.15) is 0 Å². The molecule has 0 aromatic heterocycles. The zero-order valence-corrected chi connectivity index (χ0v) is 10.9. The summed E-state index contributed by atoms with van der Waals surface area (Å²) in [5, 5.41) is 0. The molecule has 0 radical (unpaired) electrons. The molecule has 0 atom stereocenters. The summed E-state index contributed by atoms with van der Waals surface area (Å²) < 4.78 is 6.23. The number of ether oxygens (including phenoxy) is 1. The van der Waals surface area contributed by atoms with E-state index in [9.17, 15) is 0 Å². The SMILES string of the molecule is [Br-].[Cl-].[Li][c]1ccc(OC)cc1.[Mg+2]. The van der Waals surface area contributed by atoms with Crippen molar-refractivity contribution in [3.8, 4) is 5.75 Å². The van der Waals surface area contributed by atoms with Crippen LogP contribution in [0.3, 0.4) is 0 Å². The Morgan fingerprint density at radius 1 is 1.17 bits per heavy atom. The minimum Gasteiger partial charge on any atom is 2.00 e. The number of rotatable bonds is 1. The molecule has 0 aliphatic heterocycles. The Hall–Kier alpha value is 1.15. The van der Waals surface area contributed by atoms with E-state index in [0.717, 1.165) is 5.75 Å². The Kier molecular flexibility index (Phi) is 16.1. The van der Waals surface area contributed by atoms with Gasteiger partial charge >= 0.3 is 86.9 Å². The summed E-state index contributed by atoms with van der Waals surface area (Å²) in [4.78, 5) is 0. The van der Waals surface area contributed by atoms with Crippen LogP contribution in [0.15, 0.2) is 24.3 Å². The third-order valence-electron chi connectivity index (χ3n) is 1.26. The fourth-order valence-electron chi connectivity index (χ4n) is 0.674. The second-order valence-corrected chi connectivity index (χ2v) is 2.02. The summed E-state index contributed by atoms with van der Waals surface area (Å²) in [5.74, 6) is 0.917. The van der Waals surface area contributed by atoms with Gasteiger partial charge in [0.05, 0.1) is 0 Å². The second kappa shape index (κ2) is 10.2. The van der Waals surface area contributed by atoms with E-state index in [0.29, 0.717) is 0 Å². The molecule has 58 valence electrons. The van der Waals surface area contributed by atoms with E-state index in [1.54, 1.807) is 7.11 Å². The van der Waals surface area contributed by atoms with E-state index in [1.807, 2.05) is 24.3 Å². The van der Waals surface area contributed by atoms with Gasteiger partial charge in [0.2, 0.25) is 0 Å². The quantitative estimate of drug-likeness (QED) is 0.453. The van der Waals surface area contributed by atoms with Crippen molar-refractivity contribution in [3.63, 3.8) is 0 Å². The molecule has 1 rings (SSSR count). The average molecular weight is 254 g/mol. The molecule has 0 unspecified atom stereocenters. The molecule has 0 spiro atoms. The molecular weight excluding hydrogens is 247 g/mol. The van der Waals surface area contributed by atoms with Crippen LogP contribution in [0, 0.1) is 0 Å². The van der Waals surface area contributed by atoms with Gasteiger partial charge in [-0.15, -0.1) is 0 Å². The minimum atomic E-state index is 0. The topological polar surface area (TPSA) is 9.23 Å². The molecule has 0 amide bonds. The van der Waals surface area contributed by atoms with Gasteiger partial charge in [-0.05, 0) is 0 Å². The van der Waals surface area contributed by atoms with E-state index in [2.05, 4.69) is 17.7 Å². The van der Waals surface area contributed by atoms with Crippen LogP contribution in [0.4, 0.5) is 0 Å². The maximum absolute atomic E-state index is 4.97. The Morgan fingerprint density at radius 2 is 1.58 bits per heavy atom. The van der Waals surface area contributed by atoms with Gasteiger partial charge in [-0.1, -0.05) is 0 Å². The summed E-state index contributed by atoms with van der Waals surface area (Å²) >= 11 is 2.06. The fraction of sp³-hybridized carbons (Fsp3) is 0.143. The fourth-order valence-corrected chi connectivity index (χ4v) is 0.674. The molecular formula is C7H7BrClLiMgO. The van der Waals surface area contributed by atoms with E-state index in [-0.39, 0.29) is 52.4 Å². The predicted molar refractivity (Wildman–Crippen MR) is 44.1 cm³/mol. The smallest absolute Gasteiger partial charge is 2.00 e. The van der Waals surface area contributed by atoms with Gasteiger partial charge in [0.25, 0.3) is 0 Å². The van der Waals surface area contributed by atoms with E-state index >= 15 is 0 Å². The maximum Gasteiger partial charge on any atom is 2.00 e. The van der Waals surface area contributed by atoms with Crippen molar-refractivity contribution >= 4 is 45.0 Å². The third kappa shape index (κ3) is 6.65. The van der Waals surface area contributed by atoms with Gasteiger partial charge in [0, 0.05) is 0 Å². The molecule has 0 aliphatic rings. The van der Waals surface area contributed by atoms with Crippen molar-refractivity contribution in [1.82, 2.24) is 0 Å². The summed E-state index contributed by atoms with van der Waals surface area (Å²) in [6.07, 6.45) is 0. The second-order valence-electron chi connectivity index (χ2n) is 2.02. The van der Waals surface area contributed by atoms with Gasteiger partial charge in [-0.3, -0.25) is 0 Å². The largest absolute Gasteiger partial charge is 2.00 e. The van der Waals surface area contributed by atoms with Crippen LogP contribution >= 0.6 is 0 Å². The first-order valence-corrected chi connectivity index (χ1v) is 2.93. The molecule has 0 fully saturated rings. The first kappa shape index (κ1) is 18.8. The van der Waals surface area contributed by atoms with E-state index in [4.69, 9.17) is 4.74 Å². The van der Waals surface area contributed by atoms with E-state index < -0.39 is 0 Å². The molecule has 1 aromatic carbocycles. The number of halogens is 2. The van der Waals surface area contributed by atoms with Gasteiger partial charge in [-0.2, -0.15) is 0 Å². The Labute approximate surface area is 115 Å². The van der Waals surface area contributed by atoms with Crippen LogP contribution in [0.25, 0.3) is 0 Å². The Bertz CT molecular complexity index is 195.